The molecule has 2 aromatic carbocycles. The number of carbonyl (C=O) groups is 1. The average Bonchev–Trinajstić information content (AvgIpc) is 3.22. The summed E-state index contributed by atoms with van der Waals surface area (Å²) in [4.78, 5) is 16.1. The molecule has 6 heteroatoms. The lowest BCUT2D eigenvalue weighted by Gasteiger charge is -2.01. The van der Waals surface area contributed by atoms with Gasteiger partial charge in [0.2, 0.25) is 0 Å². The summed E-state index contributed by atoms with van der Waals surface area (Å²) in [5.41, 5.74) is 3.49. The van der Waals surface area contributed by atoms with Crippen LogP contribution in [0.4, 0.5) is 0 Å². The second kappa shape index (κ2) is 8.30. The molecule has 3 rings (SSSR count). The van der Waals surface area contributed by atoms with E-state index in [2.05, 4.69) is 15.8 Å². The van der Waals surface area contributed by atoms with E-state index in [1.165, 1.54) is 18.4 Å². The summed E-state index contributed by atoms with van der Waals surface area (Å²) in [5.74, 6) is 0.386. The summed E-state index contributed by atoms with van der Waals surface area (Å²) in [6, 6.07) is 16.7. The number of ether oxygens (including phenoxy) is 2. The average molecular weight is 376 g/mol. The highest BCUT2D eigenvalue weighted by Crippen LogP contribution is 2.28. The number of allylic oxidation sites excluding steroid dienone is 1. The topological polar surface area (TPSA) is 72.2 Å². The van der Waals surface area contributed by atoms with Gasteiger partial charge in [-0.2, -0.15) is 5.26 Å². The molecular formula is C21H16N2O3S. The van der Waals surface area contributed by atoms with E-state index in [0.29, 0.717) is 16.1 Å². The van der Waals surface area contributed by atoms with Crippen molar-refractivity contribution in [1.29, 1.82) is 5.26 Å². The third-order valence-corrected chi connectivity index (χ3v) is 4.76. The maximum atomic E-state index is 11.5. The maximum Gasteiger partial charge on any atom is 0.337 e. The van der Waals surface area contributed by atoms with Crippen LogP contribution < -0.4 is 4.74 Å². The van der Waals surface area contributed by atoms with Gasteiger partial charge >= 0.3 is 5.97 Å². The normalized spacial score (nSPS) is 10.9. The molecule has 0 bridgehead atoms. The molecule has 134 valence electrons. The van der Waals surface area contributed by atoms with E-state index in [1.807, 2.05) is 29.6 Å². The molecule has 0 fully saturated rings. The number of nitrogens with zero attached hydrogens (tertiary/aromatic N) is 2. The molecular weight excluding hydrogens is 360 g/mol. The summed E-state index contributed by atoms with van der Waals surface area (Å²) in [7, 11) is 2.96. The van der Waals surface area contributed by atoms with Crippen LogP contribution in [0.15, 0.2) is 53.9 Å². The van der Waals surface area contributed by atoms with Gasteiger partial charge in [-0.25, -0.2) is 9.78 Å². The van der Waals surface area contributed by atoms with Crippen molar-refractivity contribution < 1.29 is 14.3 Å². The SMILES string of the molecule is COC(=O)c1ccc(/C=C(/C#N)c2nc(-c3ccc(OC)cc3)cs2)cc1. The van der Waals surface area contributed by atoms with Gasteiger partial charge in [-0.15, -0.1) is 11.3 Å². The summed E-state index contributed by atoms with van der Waals surface area (Å²) >= 11 is 1.41. The van der Waals surface area contributed by atoms with Gasteiger partial charge in [0.15, 0.2) is 0 Å². The van der Waals surface area contributed by atoms with Crippen molar-refractivity contribution in [1.82, 2.24) is 4.98 Å². The van der Waals surface area contributed by atoms with Crippen molar-refractivity contribution >= 4 is 29.0 Å². The fraction of sp³-hybridized carbons (Fsp3) is 0.0952. The standard InChI is InChI=1S/C21H16N2O3S/c1-25-18-9-7-15(8-10-18)19-13-27-20(23-19)17(12-22)11-14-3-5-16(6-4-14)21(24)26-2/h3-11,13H,1-2H3/b17-11-. The van der Waals surface area contributed by atoms with Crippen LogP contribution in [0, 0.1) is 11.3 Å². The Balaban J connectivity index is 1.85. The lowest BCUT2D eigenvalue weighted by atomic mass is 10.1. The number of esters is 1. The van der Waals surface area contributed by atoms with Crippen molar-refractivity contribution in [2.24, 2.45) is 0 Å². The number of aromatic nitrogens is 1. The van der Waals surface area contributed by atoms with Crippen molar-refractivity contribution in [3.05, 3.63) is 70.0 Å². The summed E-state index contributed by atoms with van der Waals surface area (Å²) in [6.07, 6.45) is 1.75. The summed E-state index contributed by atoms with van der Waals surface area (Å²) in [5, 5.41) is 12.1. The highest BCUT2D eigenvalue weighted by Gasteiger charge is 2.10. The minimum absolute atomic E-state index is 0.393. The molecule has 0 radical (unpaired) electrons. The third-order valence-electron chi connectivity index (χ3n) is 3.88. The first-order valence-corrected chi connectivity index (χ1v) is 8.93. The quantitative estimate of drug-likeness (QED) is 0.478. The molecule has 0 atom stereocenters. The summed E-state index contributed by atoms with van der Waals surface area (Å²) in [6.45, 7) is 0. The molecule has 0 saturated heterocycles. The number of hydrogen-bond donors (Lipinski definition) is 0. The zero-order valence-corrected chi connectivity index (χ0v) is 15.6. The van der Waals surface area contributed by atoms with E-state index >= 15 is 0 Å². The Bertz CT molecular complexity index is 1010. The van der Waals surface area contributed by atoms with Gasteiger partial charge in [-0.05, 0) is 48.0 Å². The first-order chi connectivity index (χ1) is 13.1. The van der Waals surface area contributed by atoms with E-state index < -0.39 is 5.97 Å². The Labute approximate surface area is 161 Å². The number of methoxy groups -OCH3 is 2. The van der Waals surface area contributed by atoms with Crippen molar-refractivity contribution in [2.45, 2.75) is 0 Å². The second-order valence-electron chi connectivity index (χ2n) is 5.55. The van der Waals surface area contributed by atoms with E-state index in [0.717, 1.165) is 22.6 Å². The Kier molecular flexibility index (Phi) is 5.64. The van der Waals surface area contributed by atoms with Gasteiger partial charge < -0.3 is 9.47 Å². The lowest BCUT2D eigenvalue weighted by Crippen LogP contribution is -2.00. The van der Waals surface area contributed by atoms with Gasteiger partial charge in [0.25, 0.3) is 0 Å². The van der Waals surface area contributed by atoms with Gasteiger partial charge in [-0.3, -0.25) is 0 Å². The number of rotatable bonds is 5. The fourth-order valence-electron chi connectivity index (χ4n) is 2.43. The van der Waals surface area contributed by atoms with Gasteiger partial charge in [0.1, 0.15) is 16.8 Å². The smallest absolute Gasteiger partial charge is 0.337 e. The van der Waals surface area contributed by atoms with Crippen molar-refractivity contribution in [2.75, 3.05) is 14.2 Å². The van der Waals surface area contributed by atoms with Crippen LogP contribution in [0.1, 0.15) is 20.9 Å². The molecule has 0 spiro atoms. The number of nitriles is 1. The third kappa shape index (κ3) is 4.22. The van der Waals surface area contributed by atoms with Gasteiger partial charge in [-0.1, -0.05) is 12.1 Å². The van der Waals surface area contributed by atoms with Crippen LogP contribution in [0.25, 0.3) is 22.9 Å². The van der Waals surface area contributed by atoms with Crippen LogP contribution in [-0.4, -0.2) is 25.2 Å². The molecule has 0 aliphatic carbocycles. The van der Waals surface area contributed by atoms with Crippen LogP contribution in [0.3, 0.4) is 0 Å². The molecule has 3 aromatic rings. The number of benzene rings is 2. The lowest BCUT2D eigenvalue weighted by molar-refractivity contribution is 0.0600. The molecule has 0 aliphatic rings. The molecule has 0 saturated carbocycles. The van der Waals surface area contributed by atoms with Crippen LogP contribution >= 0.6 is 11.3 Å². The number of hydrogen-bond acceptors (Lipinski definition) is 6. The Morgan fingerprint density at radius 2 is 1.81 bits per heavy atom. The monoisotopic (exact) mass is 376 g/mol. The van der Waals surface area contributed by atoms with Gasteiger partial charge in [0.05, 0.1) is 31.1 Å². The molecule has 1 heterocycles. The Morgan fingerprint density at radius 3 is 2.41 bits per heavy atom. The fourth-order valence-corrected chi connectivity index (χ4v) is 3.23. The predicted molar refractivity (Wildman–Crippen MR) is 105 cm³/mol. The minimum atomic E-state index is -0.393. The number of carbonyl (C=O) groups excluding carboxylic acids is 1. The van der Waals surface area contributed by atoms with Gasteiger partial charge in [0, 0.05) is 10.9 Å². The second-order valence-corrected chi connectivity index (χ2v) is 6.41. The van der Waals surface area contributed by atoms with Crippen molar-refractivity contribution in [3.8, 4) is 23.1 Å². The van der Waals surface area contributed by atoms with Crippen LogP contribution in [-0.2, 0) is 4.74 Å². The first-order valence-electron chi connectivity index (χ1n) is 8.05. The largest absolute Gasteiger partial charge is 0.497 e. The zero-order chi connectivity index (χ0) is 19.2. The van der Waals surface area contributed by atoms with E-state index in [9.17, 15) is 10.1 Å². The van der Waals surface area contributed by atoms with Crippen molar-refractivity contribution in [3.63, 3.8) is 0 Å². The molecule has 27 heavy (non-hydrogen) atoms. The Morgan fingerprint density at radius 1 is 1.11 bits per heavy atom. The molecule has 0 unspecified atom stereocenters. The first kappa shape index (κ1) is 18.4. The summed E-state index contributed by atoms with van der Waals surface area (Å²) < 4.78 is 9.85. The van der Waals surface area contributed by atoms with E-state index in [4.69, 9.17) is 4.74 Å². The molecule has 0 aliphatic heterocycles. The minimum Gasteiger partial charge on any atom is -0.497 e. The molecule has 5 nitrogen and oxygen atoms in total. The Hall–Kier alpha value is -3.43. The maximum absolute atomic E-state index is 11.5. The number of thiazole rings is 1. The molecule has 0 amide bonds. The molecule has 1 aromatic heterocycles. The predicted octanol–water partition coefficient (Wildman–Crippen LogP) is 4.67. The van der Waals surface area contributed by atoms with E-state index in [1.54, 1.807) is 37.5 Å². The highest BCUT2D eigenvalue weighted by atomic mass is 32.1. The van der Waals surface area contributed by atoms with Crippen LogP contribution in [0.2, 0.25) is 0 Å². The van der Waals surface area contributed by atoms with Crippen LogP contribution in [0.5, 0.6) is 5.75 Å². The highest BCUT2D eigenvalue weighted by molar-refractivity contribution is 7.11. The molecule has 0 N–H and O–H groups in total. The zero-order valence-electron chi connectivity index (χ0n) is 14.8. The van der Waals surface area contributed by atoms with E-state index in [-0.39, 0.29) is 0 Å².